The number of rotatable bonds is 4. The zero-order valence-electron chi connectivity index (χ0n) is 10.8. The van der Waals surface area contributed by atoms with Gasteiger partial charge in [0.15, 0.2) is 0 Å². The SMILES string of the molecule is CC(=O)NC[C@@H]1CN(Cc2ccccc2)CCO1. The molecule has 18 heavy (non-hydrogen) atoms. The Morgan fingerprint density at radius 1 is 1.44 bits per heavy atom. The van der Waals surface area contributed by atoms with Gasteiger partial charge in [-0.15, -0.1) is 0 Å². The van der Waals surface area contributed by atoms with Gasteiger partial charge in [-0.25, -0.2) is 0 Å². The molecule has 1 aromatic rings. The maximum Gasteiger partial charge on any atom is 0.216 e. The molecule has 1 heterocycles. The fraction of sp³-hybridized carbons (Fsp3) is 0.500. The Balaban J connectivity index is 1.81. The molecule has 0 aromatic heterocycles. The molecule has 4 nitrogen and oxygen atoms in total. The number of hydrogen-bond donors (Lipinski definition) is 1. The van der Waals surface area contributed by atoms with E-state index in [1.165, 1.54) is 12.5 Å². The van der Waals surface area contributed by atoms with Gasteiger partial charge < -0.3 is 10.1 Å². The van der Waals surface area contributed by atoms with Crippen LogP contribution in [0.1, 0.15) is 12.5 Å². The number of morpholine rings is 1. The van der Waals surface area contributed by atoms with Crippen LogP contribution in [0, 0.1) is 0 Å². The first-order valence-electron chi connectivity index (χ1n) is 6.36. The van der Waals surface area contributed by atoms with Crippen molar-refractivity contribution in [2.24, 2.45) is 0 Å². The summed E-state index contributed by atoms with van der Waals surface area (Å²) in [7, 11) is 0. The van der Waals surface area contributed by atoms with Gasteiger partial charge in [0.2, 0.25) is 5.91 Å². The van der Waals surface area contributed by atoms with Gasteiger partial charge >= 0.3 is 0 Å². The van der Waals surface area contributed by atoms with E-state index in [1.807, 2.05) is 6.07 Å². The van der Waals surface area contributed by atoms with Crippen molar-refractivity contribution < 1.29 is 9.53 Å². The third-order valence-corrected chi connectivity index (χ3v) is 3.05. The van der Waals surface area contributed by atoms with E-state index in [0.29, 0.717) is 6.54 Å². The van der Waals surface area contributed by atoms with Crippen LogP contribution >= 0.6 is 0 Å². The molecule has 0 spiro atoms. The second-order valence-electron chi connectivity index (χ2n) is 4.65. The predicted molar refractivity (Wildman–Crippen MR) is 70.1 cm³/mol. The number of hydrogen-bond acceptors (Lipinski definition) is 3. The van der Waals surface area contributed by atoms with E-state index in [1.54, 1.807) is 0 Å². The first-order chi connectivity index (χ1) is 8.74. The molecule has 98 valence electrons. The minimum absolute atomic E-state index is 0.00113. The lowest BCUT2D eigenvalue weighted by molar-refractivity contribution is -0.120. The van der Waals surface area contributed by atoms with Gasteiger partial charge in [-0.2, -0.15) is 0 Å². The normalized spacial score (nSPS) is 20.6. The summed E-state index contributed by atoms with van der Waals surface area (Å²) in [6.07, 6.45) is 0.103. The zero-order valence-corrected chi connectivity index (χ0v) is 10.8. The molecule has 4 heteroatoms. The Morgan fingerprint density at radius 2 is 2.22 bits per heavy atom. The van der Waals surface area contributed by atoms with Gasteiger partial charge in [0, 0.05) is 33.1 Å². The van der Waals surface area contributed by atoms with Crippen molar-refractivity contribution in [1.29, 1.82) is 0 Å². The monoisotopic (exact) mass is 248 g/mol. The van der Waals surface area contributed by atoms with Crippen LogP contribution in [0.4, 0.5) is 0 Å². The van der Waals surface area contributed by atoms with Crippen LogP contribution in [0.25, 0.3) is 0 Å². The van der Waals surface area contributed by atoms with Gasteiger partial charge in [0.1, 0.15) is 0 Å². The molecule has 0 radical (unpaired) electrons. The van der Waals surface area contributed by atoms with Crippen molar-refractivity contribution in [2.75, 3.05) is 26.2 Å². The third-order valence-electron chi connectivity index (χ3n) is 3.05. The first-order valence-corrected chi connectivity index (χ1v) is 6.36. The molecular weight excluding hydrogens is 228 g/mol. The number of nitrogens with one attached hydrogen (secondary N) is 1. The fourth-order valence-corrected chi connectivity index (χ4v) is 2.15. The smallest absolute Gasteiger partial charge is 0.216 e. The van der Waals surface area contributed by atoms with E-state index in [-0.39, 0.29) is 12.0 Å². The number of carbonyl (C=O) groups is 1. The van der Waals surface area contributed by atoms with Crippen molar-refractivity contribution in [3.8, 4) is 0 Å². The summed E-state index contributed by atoms with van der Waals surface area (Å²) in [5, 5.41) is 2.81. The van der Waals surface area contributed by atoms with Crippen LogP contribution in [0.15, 0.2) is 30.3 Å². The summed E-state index contributed by atoms with van der Waals surface area (Å²) < 4.78 is 5.64. The molecule has 1 amide bonds. The maximum absolute atomic E-state index is 10.9. The lowest BCUT2D eigenvalue weighted by Gasteiger charge is -2.33. The van der Waals surface area contributed by atoms with E-state index in [9.17, 15) is 4.79 Å². The molecule has 1 aromatic carbocycles. The molecule has 0 bridgehead atoms. The molecule has 1 atom stereocenters. The predicted octanol–water partition coefficient (Wildman–Crippen LogP) is 1.02. The third kappa shape index (κ3) is 4.13. The number of carbonyl (C=O) groups excluding carboxylic acids is 1. The van der Waals surface area contributed by atoms with Gasteiger partial charge in [-0.1, -0.05) is 30.3 Å². The lowest BCUT2D eigenvalue weighted by Crippen LogP contribution is -2.46. The van der Waals surface area contributed by atoms with Crippen LogP contribution in [0.2, 0.25) is 0 Å². The molecule has 1 N–H and O–H groups in total. The Bertz CT molecular complexity index is 381. The highest BCUT2D eigenvalue weighted by Gasteiger charge is 2.20. The molecule has 1 aliphatic heterocycles. The highest BCUT2D eigenvalue weighted by atomic mass is 16.5. The highest BCUT2D eigenvalue weighted by molar-refractivity contribution is 5.72. The van der Waals surface area contributed by atoms with E-state index >= 15 is 0 Å². The molecule has 0 aliphatic carbocycles. The lowest BCUT2D eigenvalue weighted by atomic mass is 10.2. The zero-order chi connectivity index (χ0) is 12.8. The summed E-state index contributed by atoms with van der Waals surface area (Å²) in [4.78, 5) is 13.2. The minimum Gasteiger partial charge on any atom is -0.374 e. The van der Waals surface area contributed by atoms with E-state index in [4.69, 9.17) is 4.74 Å². The molecule has 0 saturated carbocycles. The molecule has 2 rings (SSSR count). The van der Waals surface area contributed by atoms with Gasteiger partial charge in [0.25, 0.3) is 0 Å². The van der Waals surface area contributed by atoms with Gasteiger partial charge in [-0.05, 0) is 5.56 Å². The second kappa shape index (κ2) is 6.52. The number of benzene rings is 1. The molecule has 0 unspecified atom stereocenters. The van der Waals surface area contributed by atoms with E-state index in [2.05, 4.69) is 34.5 Å². The van der Waals surface area contributed by atoms with E-state index < -0.39 is 0 Å². The summed E-state index contributed by atoms with van der Waals surface area (Å²) in [5.74, 6) is -0.00113. The topological polar surface area (TPSA) is 41.6 Å². The van der Waals surface area contributed by atoms with Crippen molar-refractivity contribution in [3.05, 3.63) is 35.9 Å². The Labute approximate surface area is 108 Å². The maximum atomic E-state index is 10.9. The Morgan fingerprint density at radius 3 is 2.94 bits per heavy atom. The van der Waals surface area contributed by atoms with Gasteiger partial charge in [-0.3, -0.25) is 9.69 Å². The quantitative estimate of drug-likeness (QED) is 0.865. The standard InChI is InChI=1S/C14H20N2O2/c1-12(17)15-9-14-11-16(7-8-18-14)10-13-5-3-2-4-6-13/h2-6,14H,7-11H2,1H3,(H,15,17)/t14-/m1/s1. The van der Waals surface area contributed by atoms with Crippen LogP contribution in [0.3, 0.4) is 0 Å². The largest absolute Gasteiger partial charge is 0.374 e. The highest BCUT2D eigenvalue weighted by Crippen LogP contribution is 2.09. The fourth-order valence-electron chi connectivity index (χ4n) is 2.15. The molecule has 1 saturated heterocycles. The van der Waals surface area contributed by atoms with Crippen LogP contribution in [-0.2, 0) is 16.1 Å². The average Bonchev–Trinajstić information content (AvgIpc) is 2.38. The number of amides is 1. The minimum atomic E-state index is -0.00113. The summed E-state index contributed by atoms with van der Waals surface area (Å²) in [6.45, 7) is 5.63. The summed E-state index contributed by atoms with van der Waals surface area (Å²) in [6, 6.07) is 10.4. The Hall–Kier alpha value is -1.39. The van der Waals surface area contributed by atoms with Gasteiger partial charge in [0.05, 0.1) is 12.7 Å². The van der Waals surface area contributed by atoms with Crippen molar-refractivity contribution in [3.63, 3.8) is 0 Å². The molecular formula is C14H20N2O2. The van der Waals surface area contributed by atoms with Crippen molar-refractivity contribution >= 4 is 5.91 Å². The summed E-state index contributed by atoms with van der Waals surface area (Å²) in [5.41, 5.74) is 1.32. The Kier molecular flexibility index (Phi) is 4.73. The number of ether oxygens (including phenoxy) is 1. The average molecular weight is 248 g/mol. The van der Waals surface area contributed by atoms with Crippen LogP contribution in [-0.4, -0.2) is 43.2 Å². The second-order valence-corrected chi connectivity index (χ2v) is 4.65. The number of nitrogens with zero attached hydrogens (tertiary/aromatic N) is 1. The molecule has 1 fully saturated rings. The first kappa shape index (κ1) is 13.1. The molecule has 1 aliphatic rings. The van der Waals surface area contributed by atoms with Crippen molar-refractivity contribution in [2.45, 2.75) is 19.6 Å². The van der Waals surface area contributed by atoms with E-state index in [0.717, 1.165) is 26.2 Å². The summed E-state index contributed by atoms with van der Waals surface area (Å²) >= 11 is 0. The van der Waals surface area contributed by atoms with Crippen LogP contribution < -0.4 is 5.32 Å². The van der Waals surface area contributed by atoms with Crippen LogP contribution in [0.5, 0.6) is 0 Å². The van der Waals surface area contributed by atoms with Crippen molar-refractivity contribution in [1.82, 2.24) is 10.2 Å².